The van der Waals surface area contributed by atoms with Crippen molar-refractivity contribution in [3.05, 3.63) is 33.8 Å². The second kappa shape index (κ2) is 4.31. The molecule has 2 aromatic heterocycles. The van der Waals surface area contributed by atoms with E-state index in [0.717, 1.165) is 22.6 Å². The Labute approximate surface area is 99.4 Å². The minimum absolute atomic E-state index is 0.0161. The zero-order chi connectivity index (χ0) is 11.7. The predicted molar refractivity (Wildman–Crippen MR) is 67.4 cm³/mol. The Kier molecular flexibility index (Phi) is 3.03. The van der Waals surface area contributed by atoms with Gasteiger partial charge in [-0.25, -0.2) is 9.97 Å². The van der Waals surface area contributed by atoms with Crippen molar-refractivity contribution in [3.63, 3.8) is 0 Å². The lowest BCUT2D eigenvalue weighted by atomic mass is 10.1. The van der Waals surface area contributed by atoms with Crippen LogP contribution in [-0.4, -0.2) is 9.97 Å². The molecule has 2 rings (SSSR count). The van der Waals surface area contributed by atoms with Gasteiger partial charge in [0.25, 0.3) is 0 Å². The molecule has 0 aliphatic carbocycles. The Hall–Kier alpha value is -1.26. The van der Waals surface area contributed by atoms with Crippen LogP contribution in [0.3, 0.4) is 0 Å². The third kappa shape index (κ3) is 1.99. The van der Waals surface area contributed by atoms with Crippen molar-refractivity contribution in [1.29, 1.82) is 0 Å². The van der Waals surface area contributed by atoms with Crippen molar-refractivity contribution in [2.75, 3.05) is 0 Å². The number of hydrogen-bond acceptors (Lipinski definition) is 4. The van der Waals surface area contributed by atoms with E-state index in [4.69, 9.17) is 5.73 Å². The first-order valence-electron chi connectivity index (χ1n) is 5.22. The van der Waals surface area contributed by atoms with Crippen molar-refractivity contribution < 1.29 is 0 Å². The van der Waals surface area contributed by atoms with Gasteiger partial charge < -0.3 is 5.73 Å². The van der Waals surface area contributed by atoms with Crippen LogP contribution in [0.15, 0.2) is 17.0 Å². The van der Waals surface area contributed by atoms with Gasteiger partial charge in [0.2, 0.25) is 0 Å². The van der Waals surface area contributed by atoms with Gasteiger partial charge in [0.15, 0.2) is 5.82 Å². The summed E-state index contributed by atoms with van der Waals surface area (Å²) in [5.74, 6) is 0.792. The smallest absolute Gasteiger partial charge is 0.160 e. The fraction of sp³-hybridized carbons (Fsp3) is 0.333. The number of hydrogen-bond donors (Lipinski definition) is 1. The van der Waals surface area contributed by atoms with E-state index in [1.54, 1.807) is 11.3 Å². The van der Waals surface area contributed by atoms with Gasteiger partial charge in [0, 0.05) is 34.4 Å². The molecule has 2 heterocycles. The van der Waals surface area contributed by atoms with Crippen molar-refractivity contribution in [3.8, 4) is 11.4 Å². The van der Waals surface area contributed by atoms with E-state index in [0.29, 0.717) is 0 Å². The highest BCUT2D eigenvalue weighted by molar-refractivity contribution is 7.08. The number of thiophene rings is 1. The zero-order valence-corrected chi connectivity index (χ0v) is 10.5. The predicted octanol–water partition coefficient (Wildman–Crippen LogP) is 2.84. The molecule has 0 aromatic carbocycles. The van der Waals surface area contributed by atoms with Gasteiger partial charge in [-0.3, -0.25) is 0 Å². The Morgan fingerprint density at radius 3 is 2.56 bits per heavy atom. The van der Waals surface area contributed by atoms with Crippen molar-refractivity contribution in [1.82, 2.24) is 9.97 Å². The number of aryl methyl sites for hydroxylation is 2. The van der Waals surface area contributed by atoms with Gasteiger partial charge in [-0.1, -0.05) is 0 Å². The lowest BCUT2D eigenvalue weighted by Gasteiger charge is -2.09. The minimum Gasteiger partial charge on any atom is -0.324 e. The monoisotopic (exact) mass is 233 g/mol. The van der Waals surface area contributed by atoms with Gasteiger partial charge in [-0.2, -0.15) is 11.3 Å². The summed E-state index contributed by atoms with van der Waals surface area (Å²) in [4.78, 5) is 8.89. The van der Waals surface area contributed by atoms with Gasteiger partial charge in [-0.05, 0) is 31.7 Å². The number of rotatable bonds is 2. The van der Waals surface area contributed by atoms with Crippen molar-refractivity contribution in [2.45, 2.75) is 26.8 Å². The van der Waals surface area contributed by atoms with Gasteiger partial charge >= 0.3 is 0 Å². The number of nitrogens with zero attached hydrogens (tertiary/aromatic N) is 2. The molecule has 0 spiro atoms. The van der Waals surface area contributed by atoms with E-state index in [1.165, 1.54) is 5.56 Å². The SMILES string of the molecule is Cc1cscc1-c1ncc([C@H](C)N)c(C)n1. The Morgan fingerprint density at radius 1 is 1.31 bits per heavy atom. The highest BCUT2D eigenvalue weighted by Crippen LogP contribution is 2.24. The molecule has 0 saturated carbocycles. The standard InChI is InChI=1S/C12H15N3S/c1-7-5-16-6-11(7)12-14-4-10(8(2)13)9(3)15-12/h4-6,8H,13H2,1-3H3/t8-/m0/s1. The molecule has 0 amide bonds. The zero-order valence-electron chi connectivity index (χ0n) is 9.69. The molecule has 1 atom stereocenters. The quantitative estimate of drug-likeness (QED) is 0.867. The van der Waals surface area contributed by atoms with Crippen LogP contribution >= 0.6 is 11.3 Å². The van der Waals surface area contributed by atoms with Crippen LogP contribution < -0.4 is 5.73 Å². The van der Waals surface area contributed by atoms with E-state index in [9.17, 15) is 0 Å². The summed E-state index contributed by atoms with van der Waals surface area (Å²) in [6.45, 7) is 6.00. The van der Waals surface area contributed by atoms with E-state index in [2.05, 4.69) is 27.7 Å². The van der Waals surface area contributed by atoms with Crippen LogP contribution in [0.1, 0.15) is 29.8 Å². The number of nitrogens with two attached hydrogens (primary N) is 1. The maximum absolute atomic E-state index is 5.84. The van der Waals surface area contributed by atoms with Crippen LogP contribution in [0.25, 0.3) is 11.4 Å². The molecular weight excluding hydrogens is 218 g/mol. The van der Waals surface area contributed by atoms with Crippen LogP contribution in [0.5, 0.6) is 0 Å². The lowest BCUT2D eigenvalue weighted by molar-refractivity contribution is 0.790. The van der Waals surface area contributed by atoms with Crippen LogP contribution in [0.4, 0.5) is 0 Å². The molecular formula is C12H15N3S. The van der Waals surface area contributed by atoms with E-state index < -0.39 is 0 Å². The molecule has 16 heavy (non-hydrogen) atoms. The summed E-state index contributed by atoms with van der Waals surface area (Å²) >= 11 is 1.67. The third-order valence-corrected chi connectivity index (χ3v) is 3.47. The largest absolute Gasteiger partial charge is 0.324 e. The van der Waals surface area contributed by atoms with E-state index in [-0.39, 0.29) is 6.04 Å². The molecule has 4 heteroatoms. The molecule has 84 valence electrons. The van der Waals surface area contributed by atoms with Gasteiger partial charge in [-0.15, -0.1) is 0 Å². The molecule has 0 saturated heterocycles. The first-order chi connectivity index (χ1) is 7.59. The molecule has 0 fully saturated rings. The topological polar surface area (TPSA) is 51.8 Å². The molecule has 0 radical (unpaired) electrons. The van der Waals surface area contributed by atoms with Gasteiger partial charge in [0.05, 0.1) is 0 Å². The first kappa shape index (κ1) is 11.2. The lowest BCUT2D eigenvalue weighted by Crippen LogP contribution is -2.09. The van der Waals surface area contributed by atoms with E-state index >= 15 is 0 Å². The fourth-order valence-electron chi connectivity index (χ4n) is 1.64. The van der Waals surface area contributed by atoms with Gasteiger partial charge in [0.1, 0.15) is 0 Å². The molecule has 2 aromatic rings. The average Bonchev–Trinajstić information content (AvgIpc) is 2.63. The summed E-state index contributed by atoms with van der Waals surface area (Å²) in [7, 11) is 0. The van der Waals surface area contributed by atoms with Crippen LogP contribution in [-0.2, 0) is 0 Å². The van der Waals surface area contributed by atoms with Crippen molar-refractivity contribution >= 4 is 11.3 Å². The molecule has 0 aliphatic rings. The molecule has 3 nitrogen and oxygen atoms in total. The van der Waals surface area contributed by atoms with E-state index in [1.807, 2.05) is 20.0 Å². The summed E-state index contributed by atoms with van der Waals surface area (Å²) in [5, 5.41) is 4.18. The summed E-state index contributed by atoms with van der Waals surface area (Å²) < 4.78 is 0. The second-order valence-corrected chi connectivity index (χ2v) is 4.74. The second-order valence-electron chi connectivity index (χ2n) is 3.99. The maximum Gasteiger partial charge on any atom is 0.160 e. The molecule has 2 N–H and O–H groups in total. The average molecular weight is 233 g/mol. The Balaban J connectivity index is 2.46. The number of aromatic nitrogens is 2. The maximum atomic E-state index is 5.84. The highest BCUT2D eigenvalue weighted by Gasteiger charge is 2.10. The normalized spacial score (nSPS) is 12.8. The molecule has 0 unspecified atom stereocenters. The summed E-state index contributed by atoms with van der Waals surface area (Å²) in [6, 6.07) is -0.0161. The minimum atomic E-state index is -0.0161. The van der Waals surface area contributed by atoms with Crippen molar-refractivity contribution in [2.24, 2.45) is 5.73 Å². The third-order valence-electron chi connectivity index (χ3n) is 2.60. The molecule has 0 aliphatic heterocycles. The highest BCUT2D eigenvalue weighted by atomic mass is 32.1. The Bertz CT molecular complexity index is 503. The molecule has 0 bridgehead atoms. The fourth-order valence-corrected chi connectivity index (χ4v) is 2.47. The summed E-state index contributed by atoms with van der Waals surface area (Å²) in [6.07, 6.45) is 1.83. The van der Waals surface area contributed by atoms with Crippen LogP contribution in [0, 0.1) is 13.8 Å². The first-order valence-corrected chi connectivity index (χ1v) is 6.16. The van der Waals surface area contributed by atoms with Crippen LogP contribution in [0.2, 0.25) is 0 Å². The Morgan fingerprint density at radius 2 is 2.06 bits per heavy atom. The summed E-state index contributed by atoms with van der Waals surface area (Å²) in [5.41, 5.74) is 10.1.